The molecule has 1 aliphatic carbocycles. The first-order valence-corrected chi connectivity index (χ1v) is 8.41. The molecule has 25 heavy (non-hydrogen) atoms. The van der Waals surface area contributed by atoms with Gasteiger partial charge in [0, 0.05) is 0 Å². The third-order valence-electron chi connectivity index (χ3n) is 4.27. The van der Waals surface area contributed by atoms with Gasteiger partial charge in [0.05, 0.1) is 11.5 Å². The maximum absolute atomic E-state index is 12.8. The largest absolute Gasteiger partial charge is 0.426 e. The smallest absolute Gasteiger partial charge is 0.343 e. The van der Waals surface area contributed by atoms with Gasteiger partial charge in [-0.15, -0.1) is 0 Å². The number of hydrogen-bond donors (Lipinski definition) is 0. The molecule has 0 unspecified atom stereocenters. The first kappa shape index (κ1) is 17.1. The molecular weight excluding hydrogens is 323 g/mol. The lowest BCUT2D eigenvalue weighted by molar-refractivity contribution is -0.139. The number of halogens is 1. The number of ether oxygens (including phenoxy) is 2. The average molecular weight is 342 g/mol. The highest BCUT2D eigenvalue weighted by Gasteiger charge is 2.23. The van der Waals surface area contributed by atoms with E-state index in [4.69, 9.17) is 9.47 Å². The van der Waals surface area contributed by atoms with E-state index in [1.807, 2.05) is 0 Å². The summed E-state index contributed by atoms with van der Waals surface area (Å²) in [5, 5.41) is 0. The first-order valence-electron chi connectivity index (χ1n) is 8.41. The number of hydrogen-bond acceptors (Lipinski definition) is 4. The van der Waals surface area contributed by atoms with Crippen molar-refractivity contribution in [2.45, 2.75) is 32.1 Å². The van der Waals surface area contributed by atoms with Crippen LogP contribution in [0.3, 0.4) is 0 Å². The second-order valence-electron chi connectivity index (χ2n) is 6.12. The maximum Gasteiger partial charge on any atom is 0.343 e. The Labute approximate surface area is 145 Å². The summed E-state index contributed by atoms with van der Waals surface area (Å²) in [5.41, 5.74) is 0.321. The monoisotopic (exact) mass is 342 g/mol. The Morgan fingerprint density at radius 2 is 1.36 bits per heavy atom. The molecule has 1 saturated carbocycles. The van der Waals surface area contributed by atoms with Crippen LogP contribution in [0.2, 0.25) is 0 Å². The first-order chi connectivity index (χ1) is 12.1. The molecule has 1 fully saturated rings. The molecule has 0 atom stereocenters. The topological polar surface area (TPSA) is 52.6 Å². The third-order valence-corrected chi connectivity index (χ3v) is 4.27. The molecule has 0 heterocycles. The van der Waals surface area contributed by atoms with Crippen molar-refractivity contribution in [3.63, 3.8) is 0 Å². The summed E-state index contributed by atoms with van der Waals surface area (Å²) in [6, 6.07) is 11.4. The second-order valence-corrected chi connectivity index (χ2v) is 6.12. The molecule has 0 aliphatic heterocycles. The van der Waals surface area contributed by atoms with Gasteiger partial charge in [-0.3, -0.25) is 4.79 Å². The van der Waals surface area contributed by atoms with Gasteiger partial charge < -0.3 is 9.47 Å². The Kier molecular flexibility index (Phi) is 5.43. The second kappa shape index (κ2) is 7.92. The standard InChI is InChI=1S/C20H19FO4/c21-16-8-12-18(13-9-16)25-20(23)15-6-10-17(11-7-15)24-19(22)14-4-2-1-3-5-14/h6-14H,1-5H2. The molecular formula is C20H19FO4. The van der Waals surface area contributed by atoms with Crippen LogP contribution in [-0.2, 0) is 4.79 Å². The minimum atomic E-state index is -0.559. The molecule has 0 spiro atoms. The summed E-state index contributed by atoms with van der Waals surface area (Å²) in [7, 11) is 0. The Bertz CT molecular complexity index is 731. The number of rotatable bonds is 4. The molecule has 2 aromatic rings. The summed E-state index contributed by atoms with van der Waals surface area (Å²) in [6.45, 7) is 0. The number of benzene rings is 2. The molecule has 0 bridgehead atoms. The van der Waals surface area contributed by atoms with Gasteiger partial charge in [-0.2, -0.15) is 0 Å². The van der Waals surface area contributed by atoms with Crippen LogP contribution in [-0.4, -0.2) is 11.9 Å². The highest BCUT2D eigenvalue weighted by Crippen LogP contribution is 2.26. The van der Waals surface area contributed by atoms with Crippen LogP contribution in [0.4, 0.5) is 4.39 Å². The summed E-state index contributed by atoms with van der Waals surface area (Å²) in [5.74, 6) is -0.521. The van der Waals surface area contributed by atoms with E-state index in [-0.39, 0.29) is 17.6 Å². The van der Waals surface area contributed by atoms with Gasteiger partial charge in [0.2, 0.25) is 0 Å². The van der Waals surface area contributed by atoms with Crippen LogP contribution in [0.5, 0.6) is 11.5 Å². The molecule has 4 nitrogen and oxygen atoms in total. The van der Waals surface area contributed by atoms with Crippen LogP contribution >= 0.6 is 0 Å². The van der Waals surface area contributed by atoms with Crippen LogP contribution < -0.4 is 9.47 Å². The fourth-order valence-electron chi connectivity index (χ4n) is 2.87. The zero-order valence-electron chi connectivity index (χ0n) is 13.7. The van der Waals surface area contributed by atoms with Crippen molar-refractivity contribution < 1.29 is 23.5 Å². The van der Waals surface area contributed by atoms with E-state index in [1.165, 1.54) is 42.8 Å². The lowest BCUT2D eigenvalue weighted by atomic mass is 9.89. The van der Waals surface area contributed by atoms with E-state index in [2.05, 4.69) is 0 Å². The number of esters is 2. The van der Waals surface area contributed by atoms with Crippen LogP contribution in [0.25, 0.3) is 0 Å². The zero-order valence-corrected chi connectivity index (χ0v) is 13.7. The minimum absolute atomic E-state index is 0.0307. The van der Waals surface area contributed by atoms with Crippen molar-refractivity contribution in [3.8, 4) is 11.5 Å². The normalized spacial score (nSPS) is 14.8. The fraction of sp³-hybridized carbons (Fsp3) is 0.300. The van der Waals surface area contributed by atoms with Crippen molar-refractivity contribution in [1.82, 2.24) is 0 Å². The molecule has 0 N–H and O–H groups in total. The van der Waals surface area contributed by atoms with E-state index < -0.39 is 11.8 Å². The predicted molar refractivity (Wildman–Crippen MR) is 90.0 cm³/mol. The average Bonchev–Trinajstić information content (AvgIpc) is 2.65. The van der Waals surface area contributed by atoms with Gasteiger partial charge in [-0.05, 0) is 61.4 Å². The lowest BCUT2D eigenvalue weighted by Crippen LogP contribution is -2.22. The minimum Gasteiger partial charge on any atom is -0.426 e. The van der Waals surface area contributed by atoms with Crippen molar-refractivity contribution in [2.24, 2.45) is 5.92 Å². The van der Waals surface area contributed by atoms with Gasteiger partial charge in [0.25, 0.3) is 0 Å². The van der Waals surface area contributed by atoms with Crippen LogP contribution in [0.1, 0.15) is 42.5 Å². The van der Waals surface area contributed by atoms with E-state index in [9.17, 15) is 14.0 Å². The van der Waals surface area contributed by atoms with Crippen molar-refractivity contribution in [1.29, 1.82) is 0 Å². The Hall–Kier alpha value is -2.69. The van der Waals surface area contributed by atoms with Crippen molar-refractivity contribution >= 4 is 11.9 Å². The summed E-state index contributed by atoms with van der Waals surface area (Å²) in [6.07, 6.45) is 5.05. The molecule has 2 aromatic carbocycles. The van der Waals surface area contributed by atoms with Gasteiger partial charge in [0.15, 0.2) is 0 Å². The van der Waals surface area contributed by atoms with Gasteiger partial charge in [0.1, 0.15) is 17.3 Å². The SMILES string of the molecule is O=C(Oc1ccc(F)cc1)c1ccc(OC(=O)C2CCCCC2)cc1. The summed E-state index contributed by atoms with van der Waals surface area (Å²) < 4.78 is 23.4. The summed E-state index contributed by atoms with van der Waals surface area (Å²) >= 11 is 0. The van der Waals surface area contributed by atoms with Gasteiger partial charge in [-0.1, -0.05) is 19.3 Å². The maximum atomic E-state index is 12.8. The van der Waals surface area contributed by atoms with Crippen LogP contribution in [0, 0.1) is 11.7 Å². The number of carbonyl (C=O) groups is 2. The third kappa shape index (κ3) is 4.66. The lowest BCUT2D eigenvalue weighted by Gasteiger charge is -2.19. The molecule has 5 heteroatoms. The van der Waals surface area contributed by atoms with Gasteiger partial charge in [-0.25, -0.2) is 9.18 Å². The van der Waals surface area contributed by atoms with E-state index in [0.717, 1.165) is 25.7 Å². The Morgan fingerprint density at radius 3 is 2.00 bits per heavy atom. The molecule has 3 rings (SSSR count). The summed E-state index contributed by atoms with van der Waals surface area (Å²) in [4.78, 5) is 24.2. The van der Waals surface area contributed by atoms with E-state index in [0.29, 0.717) is 11.3 Å². The zero-order chi connectivity index (χ0) is 17.6. The highest BCUT2D eigenvalue weighted by atomic mass is 19.1. The molecule has 130 valence electrons. The molecule has 1 aliphatic rings. The molecule has 0 radical (unpaired) electrons. The van der Waals surface area contributed by atoms with Gasteiger partial charge >= 0.3 is 11.9 Å². The fourth-order valence-corrected chi connectivity index (χ4v) is 2.87. The number of carbonyl (C=O) groups excluding carboxylic acids is 2. The highest BCUT2D eigenvalue weighted by molar-refractivity contribution is 5.91. The van der Waals surface area contributed by atoms with E-state index >= 15 is 0 Å². The molecule has 0 saturated heterocycles. The molecule has 0 aromatic heterocycles. The Morgan fingerprint density at radius 1 is 0.800 bits per heavy atom. The van der Waals surface area contributed by atoms with E-state index in [1.54, 1.807) is 12.1 Å². The van der Waals surface area contributed by atoms with Crippen LogP contribution in [0.15, 0.2) is 48.5 Å². The van der Waals surface area contributed by atoms with Crippen molar-refractivity contribution in [3.05, 3.63) is 59.9 Å². The molecule has 0 amide bonds. The predicted octanol–water partition coefficient (Wildman–Crippen LogP) is 4.53. The quantitative estimate of drug-likeness (QED) is 0.605. The van der Waals surface area contributed by atoms with Crippen molar-refractivity contribution in [2.75, 3.05) is 0 Å². The Balaban J connectivity index is 1.58.